The van der Waals surface area contributed by atoms with Crippen LogP contribution in [0.5, 0.6) is 0 Å². The maximum absolute atomic E-state index is 11.6. The van der Waals surface area contributed by atoms with Gasteiger partial charge in [-0.3, -0.25) is 14.3 Å². The summed E-state index contributed by atoms with van der Waals surface area (Å²) in [6, 6.07) is -0.0741. The fourth-order valence-corrected chi connectivity index (χ4v) is 2.24. The van der Waals surface area contributed by atoms with E-state index in [-0.39, 0.29) is 24.1 Å². The molecule has 0 saturated heterocycles. The van der Waals surface area contributed by atoms with Crippen LogP contribution in [0.4, 0.5) is 0 Å². The summed E-state index contributed by atoms with van der Waals surface area (Å²) in [5.74, 6) is 0.0986. The minimum atomic E-state index is -0.404. The molecular formula is C10H11IN2O3. The van der Waals surface area contributed by atoms with Gasteiger partial charge in [0.1, 0.15) is 0 Å². The Labute approximate surface area is 105 Å². The summed E-state index contributed by atoms with van der Waals surface area (Å²) in [6.07, 6.45) is 6.03. The summed E-state index contributed by atoms with van der Waals surface area (Å²) >= 11 is 1.89. The number of hydrogen-bond donors (Lipinski definition) is 2. The lowest BCUT2D eigenvalue weighted by Gasteiger charge is -2.13. The lowest BCUT2D eigenvalue weighted by atomic mass is 10.1. The van der Waals surface area contributed by atoms with Gasteiger partial charge in [0.15, 0.2) is 0 Å². The molecule has 1 aliphatic carbocycles. The Balaban J connectivity index is 2.36. The first-order valence-electron chi connectivity index (χ1n) is 4.92. The van der Waals surface area contributed by atoms with E-state index in [1.165, 1.54) is 4.57 Å². The fourth-order valence-electron chi connectivity index (χ4n) is 1.80. The van der Waals surface area contributed by atoms with Gasteiger partial charge in [-0.1, -0.05) is 12.2 Å². The zero-order chi connectivity index (χ0) is 11.7. The summed E-state index contributed by atoms with van der Waals surface area (Å²) in [5.41, 5.74) is -0.763. The number of rotatable bonds is 2. The monoisotopic (exact) mass is 334 g/mol. The highest BCUT2D eigenvalue weighted by Gasteiger charge is 2.20. The number of aromatic nitrogens is 2. The van der Waals surface area contributed by atoms with E-state index < -0.39 is 5.69 Å². The Bertz CT molecular complexity index is 532. The molecule has 1 heterocycles. The largest absolute Gasteiger partial charge is 0.396 e. The summed E-state index contributed by atoms with van der Waals surface area (Å²) in [6.45, 7) is 0.0855. The SMILES string of the molecule is O=c1[nH]c(=O)n(C2C=CC(CO)C2)cc1I. The number of aromatic amines is 1. The Morgan fingerprint density at radius 3 is 2.88 bits per heavy atom. The molecule has 1 aromatic rings. The molecule has 2 unspecified atom stereocenters. The fraction of sp³-hybridized carbons (Fsp3) is 0.400. The number of aliphatic hydroxyl groups is 1. The predicted molar refractivity (Wildman–Crippen MR) is 67.4 cm³/mol. The molecule has 0 bridgehead atoms. The predicted octanol–water partition coefficient (Wildman–Crippen LogP) is 0.251. The summed E-state index contributed by atoms with van der Waals surface area (Å²) in [5, 5.41) is 9.00. The van der Waals surface area contributed by atoms with Crippen molar-refractivity contribution < 1.29 is 5.11 Å². The molecule has 5 nitrogen and oxygen atoms in total. The first-order valence-corrected chi connectivity index (χ1v) is 6.00. The van der Waals surface area contributed by atoms with Crippen molar-refractivity contribution in [3.8, 4) is 0 Å². The number of nitrogens with zero attached hydrogens (tertiary/aromatic N) is 1. The Hall–Kier alpha value is -0.890. The van der Waals surface area contributed by atoms with E-state index in [0.29, 0.717) is 9.99 Å². The van der Waals surface area contributed by atoms with Crippen molar-refractivity contribution in [2.45, 2.75) is 12.5 Å². The molecule has 0 amide bonds. The van der Waals surface area contributed by atoms with E-state index in [1.54, 1.807) is 6.20 Å². The molecule has 6 heteroatoms. The Morgan fingerprint density at radius 1 is 1.50 bits per heavy atom. The van der Waals surface area contributed by atoms with Gasteiger partial charge >= 0.3 is 5.69 Å². The molecular weight excluding hydrogens is 323 g/mol. The van der Waals surface area contributed by atoms with Gasteiger partial charge in [-0.2, -0.15) is 0 Å². The Kier molecular flexibility index (Phi) is 3.29. The minimum absolute atomic E-state index is 0.0741. The van der Waals surface area contributed by atoms with Crippen molar-refractivity contribution in [3.05, 3.63) is 42.8 Å². The molecule has 0 aliphatic heterocycles. The van der Waals surface area contributed by atoms with Gasteiger partial charge < -0.3 is 5.11 Å². The van der Waals surface area contributed by atoms with Gasteiger partial charge in [0.05, 0.1) is 9.61 Å². The molecule has 86 valence electrons. The third kappa shape index (κ3) is 2.12. The number of hydrogen-bond acceptors (Lipinski definition) is 3. The van der Waals surface area contributed by atoms with Gasteiger partial charge in [-0.05, 0) is 29.0 Å². The number of aliphatic hydroxyl groups excluding tert-OH is 1. The van der Waals surface area contributed by atoms with Crippen molar-refractivity contribution in [3.63, 3.8) is 0 Å². The van der Waals surface area contributed by atoms with Crippen LogP contribution in [0.2, 0.25) is 0 Å². The molecule has 0 fully saturated rings. The quantitative estimate of drug-likeness (QED) is 0.601. The van der Waals surface area contributed by atoms with Crippen molar-refractivity contribution in [1.82, 2.24) is 9.55 Å². The van der Waals surface area contributed by atoms with E-state index >= 15 is 0 Å². The van der Waals surface area contributed by atoms with E-state index in [9.17, 15) is 9.59 Å². The second-order valence-corrected chi connectivity index (χ2v) is 4.94. The maximum atomic E-state index is 11.6. The van der Waals surface area contributed by atoms with Crippen LogP contribution >= 0.6 is 22.6 Å². The lowest BCUT2D eigenvalue weighted by molar-refractivity contribution is 0.243. The zero-order valence-electron chi connectivity index (χ0n) is 8.39. The molecule has 16 heavy (non-hydrogen) atoms. The van der Waals surface area contributed by atoms with Crippen LogP contribution in [0.3, 0.4) is 0 Å². The van der Waals surface area contributed by atoms with Crippen molar-refractivity contribution in [1.29, 1.82) is 0 Å². The van der Waals surface area contributed by atoms with Crippen molar-refractivity contribution >= 4 is 22.6 Å². The molecule has 2 N–H and O–H groups in total. The standard InChI is InChI=1S/C10H11IN2O3/c11-8-4-13(10(16)12-9(8)15)7-2-1-6(3-7)5-14/h1-2,4,6-7,14H,3,5H2,(H,12,15,16). The van der Waals surface area contributed by atoms with Crippen LogP contribution in [0.1, 0.15) is 12.5 Å². The highest BCUT2D eigenvalue weighted by atomic mass is 127. The van der Waals surface area contributed by atoms with E-state index in [1.807, 2.05) is 34.7 Å². The molecule has 0 saturated carbocycles. The average Bonchev–Trinajstić information content (AvgIpc) is 2.71. The van der Waals surface area contributed by atoms with Crippen LogP contribution in [-0.2, 0) is 0 Å². The van der Waals surface area contributed by atoms with Crippen LogP contribution in [0.25, 0.3) is 0 Å². The zero-order valence-corrected chi connectivity index (χ0v) is 10.5. The average molecular weight is 334 g/mol. The van der Waals surface area contributed by atoms with Crippen LogP contribution < -0.4 is 11.2 Å². The van der Waals surface area contributed by atoms with Crippen LogP contribution in [0.15, 0.2) is 27.9 Å². The number of H-pyrrole nitrogens is 1. The van der Waals surface area contributed by atoms with Crippen molar-refractivity contribution in [2.24, 2.45) is 5.92 Å². The molecule has 2 rings (SSSR count). The second-order valence-electron chi connectivity index (χ2n) is 3.77. The van der Waals surface area contributed by atoms with Gasteiger partial charge in [-0.25, -0.2) is 4.79 Å². The summed E-state index contributed by atoms with van der Waals surface area (Å²) in [4.78, 5) is 25.0. The molecule has 2 atom stereocenters. The first-order chi connectivity index (χ1) is 7.61. The smallest absolute Gasteiger partial charge is 0.328 e. The van der Waals surface area contributed by atoms with E-state index in [0.717, 1.165) is 0 Å². The maximum Gasteiger partial charge on any atom is 0.328 e. The van der Waals surface area contributed by atoms with Crippen molar-refractivity contribution in [2.75, 3.05) is 6.61 Å². The highest BCUT2D eigenvalue weighted by molar-refractivity contribution is 14.1. The third-order valence-corrected chi connectivity index (χ3v) is 3.43. The summed E-state index contributed by atoms with van der Waals surface area (Å²) < 4.78 is 1.98. The van der Waals surface area contributed by atoms with E-state index in [2.05, 4.69) is 4.98 Å². The normalized spacial score (nSPS) is 23.9. The molecule has 0 radical (unpaired) electrons. The molecule has 0 aromatic carbocycles. The topological polar surface area (TPSA) is 75.1 Å². The van der Waals surface area contributed by atoms with Gasteiger partial charge in [0.2, 0.25) is 0 Å². The molecule has 0 spiro atoms. The number of allylic oxidation sites excluding steroid dienone is 1. The third-order valence-electron chi connectivity index (χ3n) is 2.67. The minimum Gasteiger partial charge on any atom is -0.396 e. The van der Waals surface area contributed by atoms with Crippen LogP contribution in [-0.4, -0.2) is 21.3 Å². The highest BCUT2D eigenvalue weighted by Crippen LogP contribution is 2.25. The van der Waals surface area contributed by atoms with Gasteiger partial charge in [0.25, 0.3) is 5.56 Å². The Morgan fingerprint density at radius 2 is 2.25 bits per heavy atom. The first kappa shape index (κ1) is 11.6. The van der Waals surface area contributed by atoms with E-state index in [4.69, 9.17) is 5.11 Å². The second kappa shape index (κ2) is 4.54. The van der Waals surface area contributed by atoms with Gasteiger partial charge in [-0.15, -0.1) is 0 Å². The van der Waals surface area contributed by atoms with Crippen LogP contribution in [0, 0.1) is 9.49 Å². The number of halogens is 1. The molecule has 1 aromatic heterocycles. The molecule has 1 aliphatic rings. The van der Waals surface area contributed by atoms with Gasteiger partial charge in [0, 0.05) is 18.7 Å². The lowest BCUT2D eigenvalue weighted by Crippen LogP contribution is -2.32. The summed E-state index contributed by atoms with van der Waals surface area (Å²) in [7, 11) is 0. The number of nitrogens with one attached hydrogen (secondary N) is 1.